The summed E-state index contributed by atoms with van der Waals surface area (Å²) in [5.41, 5.74) is 3.58. The Morgan fingerprint density at radius 1 is 1.17 bits per heavy atom. The maximum atomic E-state index is 12.2. The molecule has 1 unspecified atom stereocenters. The molecule has 3 heteroatoms. The fraction of sp³-hybridized carbons (Fsp3) is 0.350. The smallest absolute Gasteiger partial charge is 0.224 e. The van der Waals surface area contributed by atoms with E-state index >= 15 is 0 Å². The minimum atomic E-state index is 0.0874. The summed E-state index contributed by atoms with van der Waals surface area (Å²) < 4.78 is 5.50. The fourth-order valence-electron chi connectivity index (χ4n) is 2.96. The predicted octanol–water partition coefficient (Wildman–Crippen LogP) is 3.30. The van der Waals surface area contributed by atoms with Crippen LogP contribution in [-0.2, 0) is 24.1 Å². The summed E-state index contributed by atoms with van der Waals surface area (Å²) >= 11 is 0. The van der Waals surface area contributed by atoms with Gasteiger partial charge in [-0.15, -0.1) is 0 Å². The molecular weight excluding hydrogens is 286 g/mol. The van der Waals surface area contributed by atoms with Gasteiger partial charge in [0.1, 0.15) is 5.75 Å². The van der Waals surface area contributed by atoms with Crippen LogP contribution in [0.25, 0.3) is 0 Å². The number of rotatable bonds is 6. The van der Waals surface area contributed by atoms with Crippen molar-refractivity contribution >= 4 is 5.91 Å². The van der Waals surface area contributed by atoms with E-state index in [4.69, 9.17) is 4.74 Å². The Morgan fingerprint density at radius 2 is 2.00 bits per heavy atom. The summed E-state index contributed by atoms with van der Waals surface area (Å²) in [6.45, 7) is 2.82. The van der Waals surface area contributed by atoms with Crippen LogP contribution in [0.4, 0.5) is 0 Å². The molecule has 0 aromatic heterocycles. The van der Waals surface area contributed by atoms with Gasteiger partial charge in [0.15, 0.2) is 0 Å². The van der Waals surface area contributed by atoms with E-state index < -0.39 is 0 Å². The molecule has 120 valence electrons. The van der Waals surface area contributed by atoms with E-state index in [1.807, 2.05) is 18.2 Å². The Bertz CT molecular complexity index is 667. The number of ether oxygens (including phenoxy) is 1. The minimum Gasteiger partial charge on any atom is -0.493 e. The normalized spacial score (nSPS) is 14.0. The van der Waals surface area contributed by atoms with Crippen LogP contribution in [0, 0.1) is 0 Å². The molecule has 0 saturated heterocycles. The molecule has 23 heavy (non-hydrogen) atoms. The molecule has 3 nitrogen and oxygen atoms in total. The van der Waals surface area contributed by atoms with Crippen LogP contribution in [0.2, 0.25) is 0 Å². The molecule has 1 aliphatic rings. The molecule has 0 fully saturated rings. The zero-order valence-corrected chi connectivity index (χ0v) is 13.5. The Labute approximate surface area is 137 Å². The number of amides is 1. The highest BCUT2D eigenvalue weighted by Gasteiger charge is 2.14. The Balaban J connectivity index is 1.47. The lowest BCUT2D eigenvalue weighted by Gasteiger charge is -2.14. The molecular formula is C20H23NO2. The topological polar surface area (TPSA) is 38.3 Å². The SMILES string of the molecule is CC(CCc1ccccc1)NC(=O)Cc1ccc2c(c1)CCO2. The summed E-state index contributed by atoms with van der Waals surface area (Å²) in [6.07, 6.45) is 3.31. The summed E-state index contributed by atoms with van der Waals surface area (Å²) in [5.74, 6) is 1.05. The first kappa shape index (κ1) is 15.6. The standard InChI is InChI=1S/C20H23NO2/c1-15(7-8-16-5-3-2-4-6-16)21-20(22)14-17-9-10-19-18(13-17)11-12-23-19/h2-6,9-10,13,15H,7-8,11-12,14H2,1H3,(H,21,22). The van der Waals surface area contributed by atoms with Crippen molar-refractivity contribution in [2.24, 2.45) is 0 Å². The van der Waals surface area contributed by atoms with E-state index in [1.165, 1.54) is 11.1 Å². The van der Waals surface area contributed by atoms with E-state index in [9.17, 15) is 4.79 Å². The maximum Gasteiger partial charge on any atom is 0.224 e. The highest BCUT2D eigenvalue weighted by Crippen LogP contribution is 2.25. The van der Waals surface area contributed by atoms with Crippen molar-refractivity contribution < 1.29 is 9.53 Å². The number of carbonyl (C=O) groups is 1. The van der Waals surface area contributed by atoms with Crippen molar-refractivity contribution in [3.8, 4) is 5.75 Å². The lowest BCUT2D eigenvalue weighted by Crippen LogP contribution is -2.34. The molecule has 1 heterocycles. The monoisotopic (exact) mass is 309 g/mol. The lowest BCUT2D eigenvalue weighted by atomic mass is 10.0. The third-order valence-corrected chi connectivity index (χ3v) is 4.23. The van der Waals surface area contributed by atoms with E-state index in [0.717, 1.165) is 37.2 Å². The van der Waals surface area contributed by atoms with Gasteiger partial charge >= 0.3 is 0 Å². The van der Waals surface area contributed by atoms with Crippen LogP contribution in [0.15, 0.2) is 48.5 Å². The molecule has 2 aromatic carbocycles. The van der Waals surface area contributed by atoms with Crippen LogP contribution in [0.1, 0.15) is 30.0 Å². The predicted molar refractivity (Wildman–Crippen MR) is 91.7 cm³/mol. The van der Waals surface area contributed by atoms with Gasteiger partial charge in [0.05, 0.1) is 13.0 Å². The average Bonchev–Trinajstić information content (AvgIpc) is 3.01. The molecule has 2 aromatic rings. The lowest BCUT2D eigenvalue weighted by molar-refractivity contribution is -0.121. The van der Waals surface area contributed by atoms with Crippen LogP contribution < -0.4 is 10.1 Å². The highest BCUT2D eigenvalue weighted by molar-refractivity contribution is 5.79. The van der Waals surface area contributed by atoms with Gasteiger partial charge in [0.2, 0.25) is 5.91 Å². The average molecular weight is 309 g/mol. The van der Waals surface area contributed by atoms with Crippen LogP contribution in [-0.4, -0.2) is 18.6 Å². The van der Waals surface area contributed by atoms with E-state index in [0.29, 0.717) is 6.42 Å². The molecule has 1 atom stereocenters. The van der Waals surface area contributed by atoms with Gasteiger partial charge in [-0.05, 0) is 42.5 Å². The highest BCUT2D eigenvalue weighted by atomic mass is 16.5. The van der Waals surface area contributed by atoms with Gasteiger partial charge in [-0.2, -0.15) is 0 Å². The molecule has 1 aliphatic heterocycles. The van der Waals surface area contributed by atoms with Gasteiger partial charge in [-0.1, -0.05) is 42.5 Å². The summed E-state index contributed by atoms with van der Waals surface area (Å²) in [5, 5.41) is 3.10. The van der Waals surface area contributed by atoms with Crippen molar-refractivity contribution in [3.05, 3.63) is 65.2 Å². The van der Waals surface area contributed by atoms with Crippen molar-refractivity contribution in [1.29, 1.82) is 0 Å². The quantitative estimate of drug-likeness (QED) is 0.889. The molecule has 0 aliphatic carbocycles. The fourth-order valence-corrected chi connectivity index (χ4v) is 2.96. The Morgan fingerprint density at radius 3 is 2.83 bits per heavy atom. The molecule has 0 spiro atoms. The van der Waals surface area contributed by atoms with Gasteiger partial charge in [-0.3, -0.25) is 4.79 Å². The molecule has 0 bridgehead atoms. The molecule has 0 saturated carbocycles. The van der Waals surface area contributed by atoms with Crippen molar-refractivity contribution in [2.75, 3.05) is 6.61 Å². The summed E-state index contributed by atoms with van der Waals surface area (Å²) in [7, 11) is 0. The van der Waals surface area contributed by atoms with Gasteiger partial charge in [0, 0.05) is 12.5 Å². The summed E-state index contributed by atoms with van der Waals surface area (Å²) in [6, 6.07) is 16.6. The number of hydrogen-bond acceptors (Lipinski definition) is 2. The molecule has 1 N–H and O–H groups in total. The second-order valence-corrected chi connectivity index (χ2v) is 6.21. The minimum absolute atomic E-state index is 0.0874. The zero-order chi connectivity index (χ0) is 16.1. The first-order valence-electron chi connectivity index (χ1n) is 8.28. The van der Waals surface area contributed by atoms with Crippen LogP contribution >= 0.6 is 0 Å². The number of hydrogen-bond donors (Lipinski definition) is 1. The van der Waals surface area contributed by atoms with Crippen LogP contribution in [0.5, 0.6) is 5.75 Å². The van der Waals surface area contributed by atoms with Crippen molar-refractivity contribution in [1.82, 2.24) is 5.32 Å². The second-order valence-electron chi connectivity index (χ2n) is 6.21. The van der Waals surface area contributed by atoms with Gasteiger partial charge in [-0.25, -0.2) is 0 Å². The largest absolute Gasteiger partial charge is 0.493 e. The molecule has 0 radical (unpaired) electrons. The van der Waals surface area contributed by atoms with E-state index in [1.54, 1.807) is 0 Å². The number of nitrogens with one attached hydrogen (secondary N) is 1. The number of benzene rings is 2. The van der Waals surface area contributed by atoms with E-state index in [2.05, 4.69) is 42.6 Å². The number of carbonyl (C=O) groups excluding carboxylic acids is 1. The number of fused-ring (bicyclic) bond motifs is 1. The molecule has 3 rings (SSSR count). The van der Waals surface area contributed by atoms with Gasteiger partial charge < -0.3 is 10.1 Å². The summed E-state index contributed by atoms with van der Waals surface area (Å²) in [4.78, 5) is 12.2. The molecule has 1 amide bonds. The van der Waals surface area contributed by atoms with E-state index in [-0.39, 0.29) is 11.9 Å². The Hall–Kier alpha value is -2.29. The third kappa shape index (κ3) is 4.35. The van der Waals surface area contributed by atoms with Crippen molar-refractivity contribution in [3.63, 3.8) is 0 Å². The van der Waals surface area contributed by atoms with Crippen molar-refractivity contribution in [2.45, 2.75) is 38.6 Å². The first-order chi connectivity index (χ1) is 11.2. The number of aryl methyl sites for hydroxylation is 1. The third-order valence-electron chi connectivity index (χ3n) is 4.23. The first-order valence-corrected chi connectivity index (χ1v) is 8.28. The zero-order valence-electron chi connectivity index (χ0n) is 13.5. The second kappa shape index (κ2) is 7.32. The van der Waals surface area contributed by atoms with Crippen LogP contribution in [0.3, 0.4) is 0 Å². The van der Waals surface area contributed by atoms with Gasteiger partial charge in [0.25, 0.3) is 0 Å². The maximum absolute atomic E-state index is 12.2. The Kier molecular flexibility index (Phi) is 4.96.